The Hall–Kier alpha value is -1.09. The molecule has 2 aliphatic heterocycles. The quantitative estimate of drug-likeness (QED) is 0.359. The lowest BCUT2D eigenvalue weighted by Gasteiger charge is -2.23. The molecule has 0 aliphatic carbocycles. The van der Waals surface area contributed by atoms with Crippen molar-refractivity contribution in [3.63, 3.8) is 0 Å². The smallest absolute Gasteiger partial charge is 0.191 e. The number of fused-ring (bicyclic) bond motifs is 2. The van der Waals surface area contributed by atoms with Gasteiger partial charge in [0.1, 0.15) is 6.10 Å². The SMILES string of the molecule is CCNC(=NCC(CC)Oc1ccccc1F)NC1CC2CCC1O2.I. The fourth-order valence-corrected chi connectivity index (χ4v) is 3.45. The molecule has 0 amide bonds. The first-order chi connectivity index (χ1) is 12.2. The maximum Gasteiger partial charge on any atom is 0.191 e. The molecule has 0 radical (unpaired) electrons. The summed E-state index contributed by atoms with van der Waals surface area (Å²) in [5.74, 6) is 0.720. The lowest BCUT2D eigenvalue weighted by Crippen LogP contribution is -2.47. The van der Waals surface area contributed by atoms with Gasteiger partial charge in [-0.25, -0.2) is 9.38 Å². The van der Waals surface area contributed by atoms with Crippen LogP contribution in [0.2, 0.25) is 0 Å². The molecule has 4 unspecified atom stereocenters. The van der Waals surface area contributed by atoms with Gasteiger partial charge in [-0.3, -0.25) is 0 Å². The van der Waals surface area contributed by atoms with Crippen molar-refractivity contribution in [2.75, 3.05) is 13.1 Å². The summed E-state index contributed by atoms with van der Waals surface area (Å²) in [6.45, 7) is 5.33. The predicted octanol–water partition coefficient (Wildman–Crippen LogP) is 3.48. The molecule has 0 aromatic heterocycles. The monoisotopic (exact) mass is 477 g/mol. The molecule has 2 aliphatic rings. The number of hydrogen-bond donors (Lipinski definition) is 2. The van der Waals surface area contributed by atoms with E-state index in [-0.39, 0.29) is 41.6 Å². The van der Waals surface area contributed by atoms with Crippen molar-refractivity contribution >= 4 is 29.9 Å². The highest BCUT2D eigenvalue weighted by molar-refractivity contribution is 14.0. The van der Waals surface area contributed by atoms with Crippen LogP contribution in [0, 0.1) is 5.82 Å². The lowest BCUT2D eigenvalue weighted by atomic mass is 9.96. The number of rotatable bonds is 7. The van der Waals surface area contributed by atoms with E-state index in [1.165, 1.54) is 12.5 Å². The normalized spacial score (nSPS) is 25.5. The number of aliphatic imine (C=N–C) groups is 1. The maximum absolute atomic E-state index is 13.8. The number of nitrogens with one attached hydrogen (secondary N) is 2. The molecule has 1 aromatic rings. The van der Waals surface area contributed by atoms with Crippen molar-refractivity contribution in [3.05, 3.63) is 30.1 Å². The first-order valence-electron chi connectivity index (χ1n) is 9.31. The number of para-hydroxylation sites is 1. The lowest BCUT2D eigenvalue weighted by molar-refractivity contribution is 0.0992. The van der Waals surface area contributed by atoms with Gasteiger partial charge in [-0.15, -0.1) is 24.0 Å². The second-order valence-corrected chi connectivity index (χ2v) is 6.66. The van der Waals surface area contributed by atoms with Crippen LogP contribution in [0.15, 0.2) is 29.3 Å². The molecule has 0 saturated carbocycles. The zero-order chi connectivity index (χ0) is 17.6. The van der Waals surface area contributed by atoms with E-state index in [0.717, 1.165) is 31.8 Å². The van der Waals surface area contributed by atoms with Gasteiger partial charge in [0.2, 0.25) is 0 Å². The first kappa shape index (κ1) is 21.2. The Morgan fingerprint density at radius 3 is 2.77 bits per heavy atom. The Morgan fingerprint density at radius 2 is 2.15 bits per heavy atom. The van der Waals surface area contributed by atoms with Crippen LogP contribution in [0.3, 0.4) is 0 Å². The summed E-state index contributed by atoms with van der Waals surface area (Å²) in [5, 5.41) is 6.76. The van der Waals surface area contributed by atoms with E-state index < -0.39 is 0 Å². The highest BCUT2D eigenvalue weighted by atomic mass is 127. The Labute approximate surface area is 172 Å². The summed E-state index contributed by atoms with van der Waals surface area (Å²) < 4.78 is 25.4. The fraction of sp³-hybridized carbons (Fsp3) is 0.632. The van der Waals surface area contributed by atoms with Gasteiger partial charge in [-0.1, -0.05) is 19.1 Å². The number of guanidine groups is 1. The Morgan fingerprint density at radius 1 is 1.35 bits per heavy atom. The van der Waals surface area contributed by atoms with Crippen LogP contribution in [0.4, 0.5) is 4.39 Å². The summed E-state index contributed by atoms with van der Waals surface area (Å²) >= 11 is 0. The van der Waals surface area contributed by atoms with Crippen molar-refractivity contribution in [1.29, 1.82) is 0 Å². The largest absolute Gasteiger partial charge is 0.485 e. The minimum absolute atomic E-state index is 0. The molecule has 7 heteroatoms. The second kappa shape index (κ2) is 10.3. The molecular formula is C19H29FIN3O2. The highest BCUT2D eigenvalue weighted by Gasteiger charge is 2.41. The van der Waals surface area contributed by atoms with Gasteiger partial charge in [0.05, 0.1) is 24.8 Å². The van der Waals surface area contributed by atoms with Gasteiger partial charge in [0.25, 0.3) is 0 Å². The molecule has 2 heterocycles. The van der Waals surface area contributed by atoms with Gasteiger partial charge in [0, 0.05) is 6.54 Å². The third-order valence-corrected chi connectivity index (χ3v) is 4.81. The van der Waals surface area contributed by atoms with Crippen molar-refractivity contribution in [2.24, 2.45) is 4.99 Å². The van der Waals surface area contributed by atoms with Crippen LogP contribution in [-0.2, 0) is 4.74 Å². The van der Waals surface area contributed by atoms with Crippen molar-refractivity contribution in [2.45, 2.75) is 63.9 Å². The number of benzene rings is 1. The molecule has 26 heavy (non-hydrogen) atoms. The fourth-order valence-electron chi connectivity index (χ4n) is 3.45. The third-order valence-electron chi connectivity index (χ3n) is 4.81. The summed E-state index contributed by atoms with van der Waals surface area (Å²) in [5.41, 5.74) is 0. The molecule has 2 saturated heterocycles. The molecule has 0 spiro atoms. The van der Waals surface area contributed by atoms with E-state index in [9.17, 15) is 4.39 Å². The average molecular weight is 477 g/mol. The first-order valence-corrected chi connectivity index (χ1v) is 9.31. The average Bonchev–Trinajstić information content (AvgIpc) is 3.23. The summed E-state index contributed by atoms with van der Waals surface area (Å²) in [7, 11) is 0. The number of hydrogen-bond acceptors (Lipinski definition) is 3. The highest BCUT2D eigenvalue weighted by Crippen LogP contribution is 2.34. The van der Waals surface area contributed by atoms with Gasteiger partial charge in [-0.2, -0.15) is 0 Å². The molecule has 5 nitrogen and oxygen atoms in total. The molecule has 4 atom stereocenters. The van der Waals surface area contributed by atoms with Gasteiger partial charge in [0.15, 0.2) is 17.5 Å². The Bertz CT molecular complexity index is 602. The molecule has 146 valence electrons. The van der Waals surface area contributed by atoms with Crippen LogP contribution >= 0.6 is 24.0 Å². The molecule has 2 fully saturated rings. The zero-order valence-electron chi connectivity index (χ0n) is 15.4. The van der Waals surface area contributed by atoms with E-state index in [1.807, 2.05) is 13.8 Å². The van der Waals surface area contributed by atoms with Crippen molar-refractivity contribution < 1.29 is 13.9 Å². The van der Waals surface area contributed by atoms with E-state index in [2.05, 4.69) is 15.6 Å². The number of halogens is 2. The molecular weight excluding hydrogens is 448 g/mol. The maximum atomic E-state index is 13.8. The van der Waals surface area contributed by atoms with E-state index in [4.69, 9.17) is 9.47 Å². The Kier molecular flexibility index (Phi) is 8.40. The predicted molar refractivity (Wildman–Crippen MR) is 112 cm³/mol. The van der Waals surface area contributed by atoms with Crippen molar-refractivity contribution in [3.8, 4) is 5.75 Å². The summed E-state index contributed by atoms with van der Waals surface area (Å²) in [6.07, 6.45) is 4.62. The molecule has 2 N–H and O–H groups in total. The topological polar surface area (TPSA) is 54.9 Å². The van der Waals surface area contributed by atoms with Gasteiger partial charge >= 0.3 is 0 Å². The Balaban J connectivity index is 0.00000243. The van der Waals surface area contributed by atoms with Crippen LogP contribution in [0.5, 0.6) is 5.75 Å². The van der Waals surface area contributed by atoms with Crippen molar-refractivity contribution in [1.82, 2.24) is 10.6 Å². The zero-order valence-corrected chi connectivity index (χ0v) is 17.7. The van der Waals surface area contributed by atoms with E-state index in [0.29, 0.717) is 24.8 Å². The molecule has 3 rings (SSSR count). The molecule has 2 bridgehead atoms. The van der Waals surface area contributed by atoms with Crippen LogP contribution in [0.1, 0.15) is 39.5 Å². The minimum Gasteiger partial charge on any atom is -0.485 e. The summed E-state index contributed by atoms with van der Waals surface area (Å²) in [4.78, 5) is 4.65. The van der Waals surface area contributed by atoms with Crippen LogP contribution < -0.4 is 15.4 Å². The van der Waals surface area contributed by atoms with E-state index in [1.54, 1.807) is 18.2 Å². The van der Waals surface area contributed by atoms with Gasteiger partial charge < -0.3 is 20.1 Å². The number of nitrogens with zero attached hydrogens (tertiary/aromatic N) is 1. The third kappa shape index (κ3) is 5.45. The van der Waals surface area contributed by atoms with E-state index >= 15 is 0 Å². The van der Waals surface area contributed by atoms with Gasteiger partial charge in [-0.05, 0) is 44.7 Å². The standard InChI is InChI=1S/C19H28FN3O2.HI/c1-3-13(24-17-8-6-5-7-15(17)20)12-22-19(21-4-2)23-16-11-14-9-10-18(16)25-14;/h5-8,13-14,16,18H,3-4,9-12H2,1-2H3,(H2,21,22,23);1H. The summed E-state index contributed by atoms with van der Waals surface area (Å²) in [6, 6.07) is 6.81. The number of ether oxygens (including phenoxy) is 2. The van der Waals surface area contributed by atoms with Crippen LogP contribution in [-0.4, -0.2) is 43.4 Å². The minimum atomic E-state index is -0.339. The van der Waals surface area contributed by atoms with Crippen LogP contribution in [0.25, 0.3) is 0 Å². The second-order valence-electron chi connectivity index (χ2n) is 6.66. The molecule has 1 aromatic carbocycles.